The van der Waals surface area contributed by atoms with E-state index in [0.717, 1.165) is 0 Å². The third-order valence-corrected chi connectivity index (χ3v) is 11.6. The van der Waals surface area contributed by atoms with Gasteiger partial charge in [0, 0.05) is 32.8 Å². The highest BCUT2D eigenvalue weighted by molar-refractivity contribution is 5.89. The predicted octanol–water partition coefficient (Wildman–Crippen LogP) is 3.67. The van der Waals surface area contributed by atoms with Gasteiger partial charge in [0.1, 0.15) is 42.4 Å². The van der Waals surface area contributed by atoms with Crippen LogP contribution in [0.5, 0.6) is 0 Å². The summed E-state index contributed by atoms with van der Waals surface area (Å²) >= 11 is 0. The van der Waals surface area contributed by atoms with E-state index in [-0.39, 0.29) is 31.2 Å². The van der Waals surface area contributed by atoms with Crippen molar-refractivity contribution in [2.45, 2.75) is 165 Å². The number of methoxy groups -OCH3 is 1. The van der Waals surface area contributed by atoms with Crippen molar-refractivity contribution in [2.24, 2.45) is 11.8 Å². The fourth-order valence-corrected chi connectivity index (χ4v) is 8.35. The van der Waals surface area contributed by atoms with Crippen molar-refractivity contribution in [3.05, 3.63) is 60.2 Å². The average Bonchev–Trinajstić information content (AvgIpc) is 3.19. The normalized spacial score (nSPS) is 39.1. The largest absolute Gasteiger partial charge is 0.462 e. The summed E-state index contributed by atoms with van der Waals surface area (Å²) in [5.74, 6) is -3.05. The topological polar surface area (TPSA) is 206 Å². The predicted molar refractivity (Wildman–Crippen MR) is 221 cm³/mol. The van der Waals surface area contributed by atoms with Gasteiger partial charge < -0.3 is 62.9 Å². The first-order chi connectivity index (χ1) is 28.9. The molecule has 3 aliphatic heterocycles. The highest BCUT2D eigenvalue weighted by Crippen LogP contribution is 2.38. The van der Waals surface area contributed by atoms with Crippen molar-refractivity contribution >= 4 is 24.2 Å². The number of nitrogens with zero attached hydrogens (tertiary/aromatic N) is 1. The summed E-state index contributed by atoms with van der Waals surface area (Å²) in [6.45, 7) is 10.2. The second kappa shape index (κ2) is 23.2. The molecule has 0 amide bonds. The van der Waals surface area contributed by atoms with Gasteiger partial charge in [0.05, 0.1) is 42.4 Å². The van der Waals surface area contributed by atoms with Gasteiger partial charge in [-0.2, -0.15) is 0 Å². The summed E-state index contributed by atoms with van der Waals surface area (Å²) in [6.07, 6.45) is -4.59. The second-order valence-electron chi connectivity index (χ2n) is 16.9. The van der Waals surface area contributed by atoms with Crippen LogP contribution >= 0.6 is 0 Å². The first-order valence-corrected chi connectivity index (χ1v) is 21.2. The molecule has 3 N–H and O–H groups in total. The van der Waals surface area contributed by atoms with Crippen molar-refractivity contribution in [2.75, 3.05) is 21.2 Å². The maximum absolute atomic E-state index is 13.6. The molecule has 0 saturated carbocycles. The van der Waals surface area contributed by atoms with Gasteiger partial charge in [0.15, 0.2) is 18.7 Å². The molecule has 342 valence electrons. The van der Waals surface area contributed by atoms with Crippen molar-refractivity contribution in [3.63, 3.8) is 0 Å². The Hall–Kier alpha value is -3.58. The molecule has 16 heteroatoms. The number of carbonyl (C=O) groups excluding carboxylic acids is 4. The SMILES string of the molecule is CCC(=O)O[C@H]1[C@H](C)O[C@@H](O[C@H]2[C@H](N(C)C)[C@@H](O)[C@H](O[C@H]3[C@@H](CC=O)C[C@@H](C)[C@@H](O)/C=C/C=C/C[C@@H](C)OC(=O)C[C@H](OC(=O)c4ccccc4)[C@@H]3OC)O[C@@H]2C)C[C@@]1(C)O. The maximum atomic E-state index is 13.6. The molecule has 0 aromatic heterocycles. The first kappa shape index (κ1) is 50.1. The summed E-state index contributed by atoms with van der Waals surface area (Å²) < 4.78 is 49.1. The zero-order valence-corrected chi connectivity index (χ0v) is 36.9. The molecule has 3 heterocycles. The van der Waals surface area contributed by atoms with Crippen molar-refractivity contribution in [1.29, 1.82) is 0 Å². The molecular formula is C45H67NO15. The molecule has 0 unspecified atom stereocenters. The van der Waals surface area contributed by atoms with Crippen LogP contribution in [0.1, 0.15) is 90.4 Å². The molecule has 3 aliphatic rings. The minimum Gasteiger partial charge on any atom is -0.462 e. The van der Waals surface area contributed by atoms with E-state index < -0.39 is 121 Å². The van der Waals surface area contributed by atoms with E-state index in [0.29, 0.717) is 12.7 Å². The van der Waals surface area contributed by atoms with Gasteiger partial charge in [0.2, 0.25) is 0 Å². The second-order valence-corrected chi connectivity index (χ2v) is 16.9. The maximum Gasteiger partial charge on any atom is 0.338 e. The highest BCUT2D eigenvalue weighted by atomic mass is 16.7. The summed E-state index contributed by atoms with van der Waals surface area (Å²) in [6, 6.07) is 7.43. The molecule has 0 bridgehead atoms. The number of esters is 3. The number of benzene rings is 1. The van der Waals surface area contributed by atoms with Gasteiger partial charge in [-0.25, -0.2) is 4.79 Å². The number of allylic oxidation sites excluding steroid dienone is 2. The Labute approximate surface area is 359 Å². The molecule has 0 radical (unpaired) electrons. The van der Waals surface area contributed by atoms with E-state index in [2.05, 4.69) is 0 Å². The monoisotopic (exact) mass is 861 g/mol. The number of hydrogen-bond donors (Lipinski definition) is 3. The zero-order chi connectivity index (χ0) is 45.0. The first-order valence-electron chi connectivity index (χ1n) is 21.2. The minimum absolute atomic E-state index is 0.0524. The van der Waals surface area contributed by atoms with Crippen LogP contribution in [-0.2, 0) is 52.3 Å². The molecule has 16 nitrogen and oxygen atoms in total. The molecule has 2 saturated heterocycles. The summed E-state index contributed by atoms with van der Waals surface area (Å²) in [5, 5.41) is 34.7. The van der Waals surface area contributed by atoms with E-state index >= 15 is 0 Å². The number of rotatable bonds is 12. The lowest BCUT2D eigenvalue weighted by Crippen LogP contribution is -2.66. The Morgan fingerprint density at radius 2 is 1.67 bits per heavy atom. The van der Waals surface area contributed by atoms with E-state index in [4.69, 9.17) is 37.9 Å². The number of aliphatic hydroxyl groups is 3. The standard InChI is InChI=1S/C45H67NO15/c1-10-34(49)59-42-29(5)56-36(25-45(42,6)53)60-39-28(4)57-44(38(51)37(39)46(7)8)61-40-31(21-22-47)23-26(2)32(48)20-16-11-13-17-27(3)55-35(50)24-33(41(40)54-9)58-43(52)30-18-14-12-15-19-30/h11-16,18-20,22,26-29,31-33,36-42,44,48,51,53H,10,17,21,23-25H2,1-9H3/b13-11+,20-16+/t26-,27-,28-,29+,31+,32+,33+,36+,37-,38-,39-,40+,41+,42+,44+,45-/m1/s1. The lowest BCUT2D eigenvalue weighted by atomic mass is 9.82. The van der Waals surface area contributed by atoms with Gasteiger partial charge >= 0.3 is 17.9 Å². The number of aliphatic hydroxyl groups excluding tert-OH is 2. The Morgan fingerprint density at radius 1 is 0.967 bits per heavy atom. The lowest BCUT2D eigenvalue weighted by Gasteiger charge is -2.50. The van der Waals surface area contributed by atoms with Crippen molar-refractivity contribution in [3.8, 4) is 0 Å². The van der Waals surface area contributed by atoms with E-state index in [1.165, 1.54) is 7.11 Å². The number of hydrogen-bond acceptors (Lipinski definition) is 16. The van der Waals surface area contributed by atoms with Crippen LogP contribution in [0.15, 0.2) is 54.6 Å². The Balaban J connectivity index is 1.72. The van der Waals surface area contributed by atoms with E-state index in [1.807, 2.05) is 13.0 Å². The van der Waals surface area contributed by atoms with E-state index in [1.54, 1.807) is 102 Å². The molecule has 1 aromatic rings. The van der Waals surface area contributed by atoms with Crippen LogP contribution in [0.3, 0.4) is 0 Å². The van der Waals surface area contributed by atoms with Gasteiger partial charge in [0.25, 0.3) is 0 Å². The molecule has 1 aromatic carbocycles. The minimum atomic E-state index is -1.50. The highest BCUT2D eigenvalue weighted by Gasteiger charge is 2.53. The summed E-state index contributed by atoms with van der Waals surface area (Å²) in [7, 11) is 4.86. The average molecular weight is 862 g/mol. The van der Waals surface area contributed by atoms with Crippen molar-refractivity contribution in [1.82, 2.24) is 4.90 Å². The molecule has 4 rings (SSSR count). The number of likely N-dealkylation sites (N-methyl/N-ethyl adjacent to an activating group) is 1. The summed E-state index contributed by atoms with van der Waals surface area (Å²) in [5.41, 5.74) is -1.28. The number of carbonyl (C=O) groups is 4. The number of aldehydes is 1. The van der Waals surface area contributed by atoms with Crippen LogP contribution in [-0.4, -0.2) is 151 Å². The Morgan fingerprint density at radius 3 is 2.30 bits per heavy atom. The fraction of sp³-hybridized carbons (Fsp3) is 0.689. The van der Waals surface area contributed by atoms with Gasteiger partial charge in [-0.15, -0.1) is 0 Å². The van der Waals surface area contributed by atoms with Gasteiger partial charge in [-0.3, -0.25) is 9.59 Å². The fourth-order valence-electron chi connectivity index (χ4n) is 8.35. The van der Waals surface area contributed by atoms with Gasteiger partial charge in [-0.05, 0) is 72.2 Å². The lowest BCUT2D eigenvalue weighted by molar-refractivity contribution is -0.344. The Bertz CT molecular complexity index is 1620. The third-order valence-electron chi connectivity index (χ3n) is 11.6. The summed E-state index contributed by atoms with van der Waals surface area (Å²) in [4.78, 5) is 53.5. The van der Waals surface area contributed by atoms with Crippen LogP contribution in [0, 0.1) is 11.8 Å². The molecule has 2 fully saturated rings. The van der Waals surface area contributed by atoms with Crippen LogP contribution < -0.4 is 0 Å². The molecule has 16 atom stereocenters. The quantitative estimate of drug-likeness (QED) is 0.156. The number of cyclic esters (lactones) is 1. The molecule has 61 heavy (non-hydrogen) atoms. The van der Waals surface area contributed by atoms with Crippen LogP contribution in [0.4, 0.5) is 0 Å². The third kappa shape index (κ3) is 13.7. The van der Waals surface area contributed by atoms with E-state index in [9.17, 15) is 34.5 Å². The smallest absolute Gasteiger partial charge is 0.338 e. The van der Waals surface area contributed by atoms with Gasteiger partial charge in [-0.1, -0.05) is 56.4 Å². The molecular weight excluding hydrogens is 794 g/mol. The van der Waals surface area contributed by atoms with Crippen molar-refractivity contribution < 1.29 is 72.4 Å². The number of ether oxygens (including phenoxy) is 8. The molecule has 0 aliphatic carbocycles. The zero-order valence-electron chi connectivity index (χ0n) is 36.9. The van der Waals surface area contributed by atoms with Crippen LogP contribution in [0.2, 0.25) is 0 Å². The van der Waals surface area contributed by atoms with Crippen LogP contribution in [0.25, 0.3) is 0 Å². The Kier molecular flexibility index (Phi) is 19.0. The molecule has 0 spiro atoms.